The summed E-state index contributed by atoms with van der Waals surface area (Å²) in [5, 5.41) is 8.70. The van der Waals surface area contributed by atoms with Gasteiger partial charge < -0.3 is 0 Å². The number of nitrogens with one attached hydrogen (secondary N) is 1. The standard InChI is InChI=1S/C36H35ClNOPSi/c1-3-29(2)28-41(34-20-12-6-13-21-34,35-22-14-7-15-23-35)36(30-24-26-31(37)27-25-30)38-40(39,32-16-8-4-9-17-32)33-18-10-5-11-19-33/h3-27,29,36H,1,28H2,2H3,(H,38,39). The summed E-state index contributed by atoms with van der Waals surface area (Å²) < 4.78 is 15.6. The van der Waals surface area contributed by atoms with E-state index in [-0.39, 0.29) is 11.6 Å². The van der Waals surface area contributed by atoms with Crippen molar-refractivity contribution in [2.45, 2.75) is 18.6 Å². The third-order valence-electron chi connectivity index (χ3n) is 7.87. The highest BCUT2D eigenvalue weighted by Crippen LogP contribution is 2.45. The van der Waals surface area contributed by atoms with E-state index < -0.39 is 15.4 Å². The van der Waals surface area contributed by atoms with Crippen LogP contribution in [0.1, 0.15) is 18.2 Å². The van der Waals surface area contributed by atoms with Gasteiger partial charge >= 0.3 is 0 Å². The summed E-state index contributed by atoms with van der Waals surface area (Å²) in [7, 11) is -6.11. The summed E-state index contributed by atoms with van der Waals surface area (Å²) in [5.74, 6) is 0.228. The summed E-state index contributed by atoms with van der Waals surface area (Å²) in [6.45, 7) is 6.40. The minimum atomic E-state index is -3.32. The van der Waals surface area contributed by atoms with E-state index >= 15 is 4.57 Å². The van der Waals surface area contributed by atoms with Gasteiger partial charge in [-0.2, -0.15) is 0 Å². The van der Waals surface area contributed by atoms with Crippen LogP contribution in [0, 0.1) is 5.92 Å². The Hall–Kier alpha value is -3.46. The number of benzene rings is 5. The van der Waals surface area contributed by atoms with E-state index in [2.05, 4.69) is 91.4 Å². The molecule has 0 aliphatic rings. The van der Waals surface area contributed by atoms with Crippen molar-refractivity contribution in [3.8, 4) is 0 Å². The van der Waals surface area contributed by atoms with Crippen LogP contribution < -0.4 is 26.1 Å². The smallest absolute Gasteiger partial charge is 0.204 e. The molecule has 0 spiro atoms. The van der Waals surface area contributed by atoms with Crippen LogP contribution in [0.25, 0.3) is 0 Å². The summed E-state index contributed by atoms with van der Waals surface area (Å²) >= 11 is 6.42. The lowest BCUT2D eigenvalue weighted by Gasteiger charge is -2.43. The van der Waals surface area contributed by atoms with Gasteiger partial charge in [-0.15, -0.1) is 6.58 Å². The van der Waals surface area contributed by atoms with Crippen molar-refractivity contribution < 1.29 is 4.57 Å². The van der Waals surface area contributed by atoms with E-state index in [9.17, 15) is 0 Å². The van der Waals surface area contributed by atoms with Gasteiger partial charge in [0.25, 0.3) is 0 Å². The van der Waals surface area contributed by atoms with Crippen LogP contribution in [0.5, 0.6) is 0 Å². The van der Waals surface area contributed by atoms with E-state index in [0.717, 1.165) is 22.2 Å². The minimum absolute atomic E-state index is 0.228. The molecule has 0 amide bonds. The molecule has 206 valence electrons. The van der Waals surface area contributed by atoms with E-state index in [1.165, 1.54) is 10.4 Å². The Kier molecular flexibility index (Phi) is 9.22. The molecule has 1 N–H and O–H groups in total. The van der Waals surface area contributed by atoms with Gasteiger partial charge in [0.2, 0.25) is 7.29 Å². The second-order valence-electron chi connectivity index (χ2n) is 10.5. The van der Waals surface area contributed by atoms with Crippen LogP contribution in [-0.2, 0) is 4.57 Å². The first kappa shape index (κ1) is 29.0. The Bertz CT molecular complexity index is 1510. The topological polar surface area (TPSA) is 29.1 Å². The maximum Gasteiger partial charge on any atom is 0.204 e. The lowest BCUT2D eigenvalue weighted by atomic mass is 10.2. The first-order chi connectivity index (χ1) is 20.0. The molecule has 0 radical (unpaired) electrons. The van der Waals surface area contributed by atoms with Crippen molar-refractivity contribution in [3.05, 3.63) is 169 Å². The number of allylic oxidation sites excluding steroid dienone is 1. The molecular formula is C36H35ClNOPSi. The van der Waals surface area contributed by atoms with Gasteiger partial charge in [0.15, 0.2) is 0 Å². The Morgan fingerprint density at radius 1 is 0.707 bits per heavy atom. The van der Waals surface area contributed by atoms with Gasteiger partial charge in [0.05, 0.1) is 0 Å². The van der Waals surface area contributed by atoms with Gasteiger partial charge in [0, 0.05) is 21.3 Å². The number of hydrogen-bond acceptors (Lipinski definition) is 1. The van der Waals surface area contributed by atoms with Gasteiger partial charge in [-0.1, -0.05) is 144 Å². The molecule has 0 aromatic heterocycles. The van der Waals surface area contributed by atoms with Crippen molar-refractivity contribution in [1.82, 2.24) is 5.09 Å². The van der Waals surface area contributed by atoms with Gasteiger partial charge in [-0.25, -0.2) is 0 Å². The molecule has 0 bridgehead atoms. The molecule has 0 heterocycles. The van der Waals surface area contributed by atoms with Crippen LogP contribution in [0.2, 0.25) is 11.1 Å². The Balaban J connectivity index is 1.85. The molecule has 5 aromatic carbocycles. The first-order valence-corrected chi connectivity index (χ1v) is 18.3. The Labute approximate surface area is 250 Å². The SMILES string of the molecule is C=CC(C)C[Si](c1ccccc1)(c1ccccc1)C(NP(=O)(c1ccccc1)c1ccccc1)c1ccc(Cl)cc1. The van der Waals surface area contributed by atoms with Crippen molar-refractivity contribution in [2.75, 3.05) is 0 Å². The quantitative estimate of drug-likeness (QED) is 0.0977. The minimum Gasteiger partial charge on any atom is -0.297 e. The normalized spacial score (nSPS) is 13.3. The van der Waals surface area contributed by atoms with Crippen molar-refractivity contribution >= 4 is 47.9 Å². The van der Waals surface area contributed by atoms with Gasteiger partial charge in [-0.3, -0.25) is 9.65 Å². The Morgan fingerprint density at radius 2 is 1.12 bits per heavy atom. The molecule has 2 atom stereocenters. The largest absolute Gasteiger partial charge is 0.297 e. The summed E-state index contributed by atoms with van der Waals surface area (Å²) in [5.41, 5.74) is 0.815. The van der Waals surface area contributed by atoms with Gasteiger partial charge in [-0.05, 0) is 53.9 Å². The van der Waals surface area contributed by atoms with E-state index in [1.54, 1.807) is 0 Å². The maximum absolute atomic E-state index is 15.6. The van der Waals surface area contributed by atoms with Crippen molar-refractivity contribution in [3.63, 3.8) is 0 Å². The third-order valence-corrected chi connectivity index (χ3v) is 16.5. The molecule has 2 nitrogen and oxygen atoms in total. The highest BCUT2D eigenvalue weighted by atomic mass is 35.5. The Morgan fingerprint density at radius 3 is 1.54 bits per heavy atom. The van der Waals surface area contributed by atoms with Crippen LogP contribution in [0.15, 0.2) is 158 Å². The monoisotopic (exact) mass is 591 g/mol. The number of halogens is 1. The fourth-order valence-corrected chi connectivity index (χ4v) is 14.9. The predicted molar refractivity (Wildman–Crippen MR) is 179 cm³/mol. The van der Waals surface area contributed by atoms with E-state index in [0.29, 0.717) is 5.02 Å². The molecule has 5 heteroatoms. The summed E-state index contributed by atoms with van der Waals surface area (Å²) in [6, 6.07) is 50.2. The third kappa shape index (κ3) is 6.10. The lowest BCUT2D eigenvalue weighted by molar-refractivity contribution is 0.575. The van der Waals surface area contributed by atoms with Crippen molar-refractivity contribution in [2.24, 2.45) is 5.92 Å². The molecule has 41 heavy (non-hydrogen) atoms. The average Bonchev–Trinajstić information content (AvgIpc) is 3.04. The van der Waals surface area contributed by atoms with Gasteiger partial charge in [0.1, 0.15) is 8.07 Å². The molecule has 0 aliphatic heterocycles. The zero-order valence-electron chi connectivity index (χ0n) is 23.2. The molecular weight excluding hydrogens is 557 g/mol. The average molecular weight is 592 g/mol. The fraction of sp³-hybridized carbons (Fsp3) is 0.111. The molecule has 0 saturated heterocycles. The van der Waals surface area contributed by atoms with Crippen LogP contribution >= 0.6 is 18.9 Å². The van der Waals surface area contributed by atoms with Crippen LogP contribution in [0.3, 0.4) is 0 Å². The predicted octanol–water partition coefficient (Wildman–Crippen LogP) is 7.52. The number of rotatable bonds is 11. The second kappa shape index (κ2) is 13.0. The first-order valence-electron chi connectivity index (χ1n) is 14.0. The van der Waals surface area contributed by atoms with Crippen molar-refractivity contribution in [1.29, 1.82) is 0 Å². The molecule has 0 fully saturated rings. The molecule has 0 saturated carbocycles. The van der Waals surface area contributed by atoms with E-state index in [4.69, 9.17) is 11.6 Å². The summed E-state index contributed by atoms with van der Waals surface area (Å²) in [4.78, 5) is 0. The fourth-order valence-electron chi connectivity index (χ4n) is 5.80. The number of hydrogen-bond donors (Lipinski definition) is 1. The maximum atomic E-state index is 15.6. The highest BCUT2D eigenvalue weighted by molar-refractivity contribution is 7.77. The summed E-state index contributed by atoms with van der Waals surface area (Å²) in [6.07, 6.45) is 2.04. The zero-order chi connectivity index (χ0) is 28.7. The molecule has 0 aliphatic carbocycles. The molecule has 2 unspecified atom stereocenters. The molecule has 5 aromatic rings. The molecule has 5 rings (SSSR count). The zero-order valence-corrected chi connectivity index (χ0v) is 25.9. The van der Waals surface area contributed by atoms with E-state index in [1.807, 2.05) is 78.9 Å². The highest BCUT2D eigenvalue weighted by Gasteiger charge is 2.48. The van der Waals surface area contributed by atoms with Crippen LogP contribution in [0.4, 0.5) is 0 Å². The lowest BCUT2D eigenvalue weighted by Crippen LogP contribution is -2.66. The second-order valence-corrected chi connectivity index (χ2v) is 17.5. The van der Waals surface area contributed by atoms with Crippen LogP contribution in [-0.4, -0.2) is 8.07 Å².